The highest BCUT2D eigenvalue weighted by Gasteiger charge is 2.44. The molecule has 2 aromatic rings. The monoisotopic (exact) mass is 290 g/mol. The lowest BCUT2D eigenvalue weighted by molar-refractivity contribution is -0.144. The van der Waals surface area contributed by atoms with Crippen molar-refractivity contribution in [2.75, 3.05) is 7.05 Å². The average molecular weight is 290 g/mol. The van der Waals surface area contributed by atoms with E-state index in [1.807, 2.05) is 12.1 Å². The van der Waals surface area contributed by atoms with Gasteiger partial charge in [0, 0.05) is 16.2 Å². The summed E-state index contributed by atoms with van der Waals surface area (Å²) in [5, 5.41) is 15.0. The molecule has 1 aromatic carbocycles. The van der Waals surface area contributed by atoms with Crippen LogP contribution in [0.15, 0.2) is 35.4 Å². The van der Waals surface area contributed by atoms with Crippen molar-refractivity contribution in [3.8, 4) is 0 Å². The largest absolute Gasteiger partial charge is 0.480 e. The minimum absolute atomic E-state index is 0.339. The fourth-order valence-electron chi connectivity index (χ4n) is 2.92. The van der Waals surface area contributed by atoms with E-state index in [2.05, 4.69) is 28.5 Å². The Morgan fingerprint density at radius 1 is 1.50 bits per heavy atom. The third-order valence-corrected chi connectivity index (χ3v) is 5.37. The molecule has 0 bridgehead atoms. The molecule has 0 aliphatic heterocycles. The van der Waals surface area contributed by atoms with Gasteiger partial charge in [0.25, 0.3) is 0 Å². The Kier molecular flexibility index (Phi) is 3.48. The number of aromatic amines is 1. The summed E-state index contributed by atoms with van der Waals surface area (Å²) in [6.07, 6.45) is 2.28. The van der Waals surface area contributed by atoms with Crippen molar-refractivity contribution in [2.24, 2.45) is 0 Å². The highest BCUT2D eigenvalue weighted by molar-refractivity contribution is 7.99. The van der Waals surface area contributed by atoms with Crippen LogP contribution in [-0.4, -0.2) is 33.9 Å². The second-order valence-electron chi connectivity index (χ2n) is 5.34. The zero-order valence-electron chi connectivity index (χ0n) is 11.3. The van der Waals surface area contributed by atoms with Crippen LogP contribution in [0, 0.1) is 0 Å². The number of aliphatic carboxylic acids is 1. The maximum absolute atomic E-state index is 11.4. The number of hydrogen-bond acceptors (Lipinski definition) is 3. The van der Waals surface area contributed by atoms with Gasteiger partial charge in [-0.2, -0.15) is 0 Å². The lowest BCUT2D eigenvalue weighted by Crippen LogP contribution is -2.48. The van der Waals surface area contributed by atoms with Gasteiger partial charge >= 0.3 is 5.97 Å². The molecule has 20 heavy (non-hydrogen) atoms. The number of carbonyl (C=O) groups is 1. The van der Waals surface area contributed by atoms with Crippen LogP contribution < -0.4 is 5.32 Å². The molecule has 106 valence electrons. The summed E-state index contributed by atoms with van der Waals surface area (Å²) in [6, 6.07) is 10.3. The Morgan fingerprint density at radius 2 is 2.30 bits per heavy atom. The number of nitrogens with one attached hydrogen (secondary N) is 2. The van der Waals surface area contributed by atoms with Crippen LogP contribution in [0.25, 0.3) is 10.9 Å². The normalized spacial score (nSPS) is 26.1. The molecule has 2 atom stereocenters. The zero-order chi connectivity index (χ0) is 14.2. The second kappa shape index (κ2) is 5.14. The summed E-state index contributed by atoms with van der Waals surface area (Å²) in [5.74, 6) is -0.736. The second-order valence-corrected chi connectivity index (χ2v) is 6.68. The predicted octanol–water partition coefficient (Wildman–Crippen LogP) is 2.86. The number of benzene rings is 1. The zero-order valence-corrected chi connectivity index (χ0v) is 12.2. The van der Waals surface area contributed by atoms with E-state index in [4.69, 9.17) is 0 Å². The van der Waals surface area contributed by atoms with Crippen LogP contribution in [-0.2, 0) is 4.79 Å². The summed E-state index contributed by atoms with van der Waals surface area (Å²) < 4.78 is 0. The van der Waals surface area contributed by atoms with Gasteiger partial charge in [-0.15, -0.1) is 11.8 Å². The number of H-pyrrole nitrogens is 1. The van der Waals surface area contributed by atoms with E-state index >= 15 is 0 Å². The number of fused-ring (bicyclic) bond motifs is 1. The number of carboxylic acids is 1. The topological polar surface area (TPSA) is 65.1 Å². The fraction of sp³-hybridized carbons (Fsp3) is 0.400. The predicted molar refractivity (Wildman–Crippen MR) is 81.2 cm³/mol. The number of thioether (sulfide) groups is 1. The maximum atomic E-state index is 11.4. The van der Waals surface area contributed by atoms with Crippen LogP contribution in [0.4, 0.5) is 0 Å². The van der Waals surface area contributed by atoms with Crippen molar-refractivity contribution < 1.29 is 9.90 Å². The van der Waals surface area contributed by atoms with Gasteiger partial charge in [0.05, 0.1) is 5.03 Å². The van der Waals surface area contributed by atoms with Gasteiger partial charge < -0.3 is 15.4 Å². The van der Waals surface area contributed by atoms with E-state index < -0.39 is 11.5 Å². The summed E-state index contributed by atoms with van der Waals surface area (Å²) in [7, 11) is 1.74. The molecule has 1 aliphatic rings. The number of carboxylic acid groups (broad SMARTS) is 1. The first-order chi connectivity index (χ1) is 9.63. The Labute approximate surface area is 121 Å². The molecule has 1 aliphatic carbocycles. The van der Waals surface area contributed by atoms with Crippen LogP contribution in [0.1, 0.15) is 19.3 Å². The first kappa shape index (κ1) is 13.5. The molecule has 1 saturated carbocycles. The van der Waals surface area contributed by atoms with E-state index in [1.165, 1.54) is 5.39 Å². The average Bonchev–Trinajstić information content (AvgIpc) is 3.03. The highest BCUT2D eigenvalue weighted by atomic mass is 32.2. The van der Waals surface area contributed by atoms with Crippen molar-refractivity contribution in [1.82, 2.24) is 10.3 Å². The molecule has 1 fully saturated rings. The third-order valence-electron chi connectivity index (χ3n) is 4.16. The molecular weight excluding hydrogens is 272 g/mol. The molecule has 5 heteroatoms. The van der Waals surface area contributed by atoms with Crippen LogP contribution in [0.2, 0.25) is 0 Å². The molecule has 0 radical (unpaired) electrons. The minimum Gasteiger partial charge on any atom is -0.480 e. The van der Waals surface area contributed by atoms with Gasteiger partial charge in [-0.25, -0.2) is 0 Å². The van der Waals surface area contributed by atoms with Crippen LogP contribution in [0.5, 0.6) is 0 Å². The smallest absolute Gasteiger partial charge is 0.323 e. The first-order valence-corrected chi connectivity index (χ1v) is 7.68. The lowest BCUT2D eigenvalue weighted by Gasteiger charge is -2.23. The number of likely N-dealkylation sites (N-methyl/N-ethyl adjacent to an activating group) is 1. The van der Waals surface area contributed by atoms with E-state index in [9.17, 15) is 9.90 Å². The minimum atomic E-state index is -0.746. The summed E-state index contributed by atoms with van der Waals surface area (Å²) in [6.45, 7) is 0. The quantitative estimate of drug-likeness (QED) is 0.810. The highest BCUT2D eigenvalue weighted by Crippen LogP contribution is 2.40. The number of aromatic nitrogens is 1. The summed E-state index contributed by atoms with van der Waals surface area (Å²) >= 11 is 1.75. The van der Waals surface area contributed by atoms with Gasteiger partial charge in [-0.05, 0) is 38.4 Å². The van der Waals surface area contributed by atoms with E-state index in [-0.39, 0.29) is 0 Å². The van der Waals surface area contributed by atoms with Crippen molar-refractivity contribution >= 4 is 28.6 Å². The van der Waals surface area contributed by atoms with Crippen molar-refractivity contribution in [3.63, 3.8) is 0 Å². The number of hydrogen-bond donors (Lipinski definition) is 3. The van der Waals surface area contributed by atoms with Crippen LogP contribution in [0.3, 0.4) is 0 Å². The van der Waals surface area contributed by atoms with Gasteiger partial charge in [-0.3, -0.25) is 4.79 Å². The standard InChI is InChI=1S/C15H18N2O2S/c1-16-15(14(18)19)7-6-11(9-15)20-13-8-10-4-2-3-5-12(10)17-13/h2-5,8,11,16-17H,6-7,9H2,1H3,(H,18,19). The van der Waals surface area contributed by atoms with Crippen molar-refractivity contribution in [2.45, 2.75) is 35.1 Å². The molecule has 2 unspecified atom stereocenters. The molecule has 0 saturated heterocycles. The molecule has 1 heterocycles. The maximum Gasteiger partial charge on any atom is 0.323 e. The van der Waals surface area contributed by atoms with Gasteiger partial charge in [0.1, 0.15) is 5.54 Å². The molecule has 0 spiro atoms. The Morgan fingerprint density at radius 3 is 2.95 bits per heavy atom. The molecule has 4 nitrogen and oxygen atoms in total. The molecule has 0 amide bonds. The summed E-state index contributed by atoms with van der Waals surface area (Å²) in [5.41, 5.74) is 0.384. The van der Waals surface area contributed by atoms with Gasteiger partial charge in [0.15, 0.2) is 0 Å². The van der Waals surface area contributed by atoms with Gasteiger partial charge in [-0.1, -0.05) is 18.2 Å². The summed E-state index contributed by atoms with van der Waals surface area (Å²) in [4.78, 5) is 14.8. The Bertz CT molecular complexity index is 607. The van der Waals surface area contributed by atoms with E-state index in [0.29, 0.717) is 18.1 Å². The Hall–Kier alpha value is -1.46. The molecule has 3 N–H and O–H groups in total. The third kappa shape index (κ3) is 2.31. The van der Waals surface area contributed by atoms with Crippen molar-refractivity contribution in [3.05, 3.63) is 30.3 Å². The number of rotatable bonds is 4. The van der Waals surface area contributed by atoms with Crippen LogP contribution >= 0.6 is 11.8 Å². The number of para-hydroxylation sites is 1. The van der Waals surface area contributed by atoms with Gasteiger partial charge in [0.2, 0.25) is 0 Å². The fourth-order valence-corrected chi connectivity index (χ4v) is 4.25. The molecule has 1 aromatic heterocycles. The van der Waals surface area contributed by atoms with E-state index in [1.54, 1.807) is 18.8 Å². The molecular formula is C15H18N2O2S. The van der Waals surface area contributed by atoms with E-state index in [0.717, 1.165) is 17.0 Å². The lowest BCUT2D eigenvalue weighted by atomic mass is 9.99. The Balaban J connectivity index is 1.74. The SMILES string of the molecule is CNC1(C(=O)O)CCC(Sc2cc3ccccc3[nH]2)C1. The van der Waals surface area contributed by atoms with Crippen molar-refractivity contribution in [1.29, 1.82) is 0 Å². The first-order valence-electron chi connectivity index (χ1n) is 6.80. The molecule has 3 rings (SSSR count).